The Morgan fingerprint density at radius 2 is 1.90 bits per heavy atom. The Kier molecular flexibility index (Phi) is 7.56. The molecule has 0 fully saturated rings. The summed E-state index contributed by atoms with van der Waals surface area (Å²) in [5, 5.41) is 9.54. The van der Waals surface area contributed by atoms with Crippen LogP contribution in [0.3, 0.4) is 0 Å². The smallest absolute Gasteiger partial charge is 0.307 e. The van der Waals surface area contributed by atoms with Crippen molar-refractivity contribution in [2.24, 2.45) is 0 Å². The molecule has 1 rings (SSSR count). The molecule has 21 heavy (non-hydrogen) atoms. The molecule has 1 aromatic carbocycles. The lowest BCUT2D eigenvalue weighted by Crippen LogP contribution is -2.38. The third-order valence-electron chi connectivity index (χ3n) is 2.71. The van der Waals surface area contributed by atoms with Gasteiger partial charge in [0.15, 0.2) is 6.61 Å². The minimum absolute atomic E-state index is 0.0726. The Morgan fingerprint density at radius 1 is 1.24 bits per heavy atom. The van der Waals surface area contributed by atoms with Gasteiger partial charge in [0.05, 0.1) is 20.1 Å². The molecule has 1 aromatic rings. The summed E-state index contributed by atoms with van der Waals surface area (Å²) in [5.74, 6) is -0.211. The molecule has 0 saturated heterocycles. The molecule has 6 nitrogen and oxygen atoms in total. The van der Waals surface area contributed by atoms with Gasteiger partial charge in [-0.25, -0.2) is 0 Å². The first-order chi connectivity index (χ1) is 10.1. The van der Waals surface area contributed by atoms with E-state index in [2.05, 4.69) is 4.74 Å². The predicted molar refractivity (Wildman–Crippen MR) is 77.2 cm³/mol. The number of benzene rings is 1. The fourth-order valence-corrected chi connectivity index (χ4v) is 1.70. The van der Waals surface area contributed by atoms with Crippen LogP contribution in [0.5, 0.6) is 5.75 Å². The molecule has 0 aliphatic carbocycles. The SMILES string of the molecule is COC(=O)CCN(CCO)C(=O)COc1ccc(Cl)cc1. The molecule has 0 spiro atoms. The highest BCUT2D eigenvalue weighted by Gasteiger charge is 2.15. The van der Waals surface area contributed by atoms with Crippen molar-refractivity contribution in [3.63, 3.8) is 0 Å². The van der Waals surface area contributed by atoms with Gasteiger partial charge >= 0.3 is 5.97 Å². The van der Waals surface area contributed by atoms with E-state index in [0.717, 1.165) is 0 Å². The molecule has 0 atom stereocenters. The Balaban J connectivity index is 2.48. The van der Waals surface area contributed by atoms with Crippen molar-refractivity contribution in [2.75, 3.05) is 33.4 Å². The van der Waals surface area contributed by atoms with Gasteiger partial charge in [-0.05, 0) is 24.3 Å². The Morgan fingerprint density at radius 3 is 2.48 bits per heavy atom. The summed E-state index contributed by atoms with van der Waals surface area (Å²) in [7, 11) is 1.28. The summed E-state index contributed by atoms with van der Waals surface area (Å²) >= 11 is 5.75. The lowest BCUT2D eigenvalue weighted by Gasteiger charge is -2.21. The molecule has 0 aromatic heterocycles. The summed E-state index contributed by atoms with van der Waals surface area (Å²) in [6.45, 7) is -0.0491. The number of hydrogen-bond acceptors (Lipinski definition) is 5. The maximum absolute atomic E-state index is 12.0. The highest BCUT2D eigenvalue weighted by molar-refractivity contribution is 6.30. The molecule has 0 radical (unpaired) electrons. The second-order valence-corrected chi connectivity index (χ2v) is 4.61. The lowest BCUT2D eigenvalue weighted by atomic mass is 10.3. The number of carbonyl (C=O) groups excluding carboxylic acids is 2. The molecule has 7 heteroatoms. The molecular formula is C14H18ClNO5. The highest BCUT2D eigenvalue weighted by atomic mass is 35.5. The van der Waals surface area contributed by atoms with E-state index in [1.54, 1.807) is 24.3 Å². The number of amides is 1. The summed E-state index contributed by atoms with van der Waals surface area (Å²) in [5.41, 5.74) is 0. The van der Waals surface area contributed by atoms with Crippen LogP contribution in [0.2, 0.25) is 5.02 Å². The van der Waals surface area contributed by atoms with E-state index in [4.69, 9.17) is 21.4 Å². The third-order valence-corrected chi connectivity index (χ3v) is 2.96. The highest BCUT2D eigenvalue weighted by Crippen LogP contribution is 2.15. The van der Waals surface area contributed by atoms with E-state index in [1.807, 2.05) is 0 Å². The maximum Gasteiger partial charge on any atom is 0.307 e. The van der Waals surface area contributed by atoms with Crippen LogP contribution in [0.4, 0.5) is 0 Å². The van der Waals surface area contributed by atoms with E-state index in [9.17, 15) is 9.59 Å². The van der Waals surface area contributed by atoms with E-state index in [-0.39, 0.29) is 38.6 Å². The van der Waals surface area contributed by atoms with Crippen LogP contribution < -0.4 is 4.74 Å². The summed E-state index contributed by atoms with van der Waals surface area (Å²) in [4.78, 5) is 24.4. The Hall–Kier alpha value is -1.79. The number of aliphatic hydroxyl groups excluding tert-OH is 1. The first kappa shape index (κ1) is 17.3. The van der Waals surface area contributed by atoms with Crippen LogP contribution in [0.15, 0.2) is 24.3 Å². The number of esters is 1. The standard InChI is InChI=1S/C14H18ClNO5/c1-20-14(19)6-7-16(8-9-17)13(18)10-21-12-4-2-11(15)3-5-12/h2-5,17H,6-10H2,1H3. The second kappa shape index (κ2) is 9.20. The van der Waals surface area contributed by atoms with Crippen molar-refractivity contribution in [2.45, 2.75) is 6.42 Å². The minimum Gasteiger partial charge on any atom is -0.484 e. The first-order valence-corrected chi connectivity index (χ1v) is 6.78. The zero-order valence-electron chi connectivity index (χ0n) is 11.8. The minimum atomic E-state index is -0.413. The van der Waals surface area contributed by atoms with E-state index < -0.39 is 5.97 Å². The molecule has 0 bridgehead atoms. The van der Waals surface area contributed by atoms with E-state index in [1.165, 1.54) is 12.0 Å². The molecule has 0 aliphatic rings. The maximum atomic E-state index is 12.0. The van der Waals surface area contributed by atoms with E-state index in [0.29, 0.717) is 10.8 Å². The number of halogens is 1. The summed E-state index contributed by atoms with van der Waals surface area (Å²) in [6, 6.07) is 6.62. The van der Waals surface area contributed by atoms with Gasteiger partial charge in [-0.1, -0.05) is 11.6 Å². The monoisotopic (exact) mass is 315 g/mol. The second-order valence-electron chi connectivity index (χ2n) is 4.17. The first-order valence-electron chi connectivity index (χ1n) is 6.40. The summed E-state index contributed by atoms with van der Waals surface area (Å²) < 4.78 is 9.85. The fraction of sp³-hybridized carbons (Fsp3) is 0.429. The molecule has 116 valence electrons. The van der Waals surface area contributed by atoms with Gasteiger partial charge in [0.1, 0.15) is 5.75 Å². The topological polar surface area (TPSA) is 76.1 Å². The fourth-order valence-electron chi connectivity index (χ4n) is 1.58. The number of rotatable bonds is 8. The Labute approximate surface area is 128 Å². The van der Waals surface area contributed by atoms with Crippen LogP contribution in [-0.2, 0) is 14.3 Å². The number of nitrogens with zero attached hydrogens (tertiary/aromatic N) is 1. The number of aliphatic hydroxyl groups is 1. The zero-order chi connectivity index (χ0) is 15.7. The van der Waals surface area contributed by atoms with Crippen molar-refractivity contribution in [3.05, 3.63) is 29.3 Å². The molecule has 0 heterocycles. The quantitative estimate of drug-likeness (QED) is 0.727. The average molecular weight is 316 g/mol. The van der Waals surface area contributed by atoms with Crippen LogP contribution in [0, 0.1) is 0 Å². The normalized spacial score (nSPS) is 10.0. The van der Waals surface area contributed by atoms with Crippen molar-refractivity contribution < 1.29 is 24.2 Å². The molecule has 0 saturated carbocycles. The third kappa shape index (κ3) is 6.46. The zero-order valence-corrected chi connectivity index (χ0v) is 12.5. The van der Waals surface area contributed by atoms with Crippen molar-refractivity contribution in [1.29, 1.82) is 0 Å². The summed E-state index contributed by atoms with van der Waals surface area (Å²) in [6.07, 6.45) is 0.0726. The van der Waals surface area contributed by atoms with Crippen molar-refractivity contribution in [3.8, 4) is 5.75 Å². The van der Waals surface area contributed by atoms with Gasteiger partial charge in [-0.15, -0.1) is 0 Å². The number of hydrogen-bond donors (Lipinski definition) is 1. The van der Waals surface area contributed by atoms with Crippen molar-refractivity contribution in [1.82, 2.24) is 4.90 Å². The van der Waals surface area contributed by atoms with Crippen LogP contribution in [0.25, 0.3) is 0 Å². The van der Waals surface area contributed by atoms with Crippen LogP contribution in [-0.4, -0.2) is 55.3 Å². The predicted octanol–water partition coefficient (Wildman–Crippen LogP) is 1.10. The molecule has 1 N–H and O–H groups in total. The van der Waals surface area contributed by atoms with Gasteiger partial charge in [0, 0.05) is 18.1 Å². The lowest BCUT2D eigenvalue weighted by molar-refractivity contribution is -0.142. The van der Waals surface area contributed by atoms with Crippen LogP contribution >= 0.6 is 11.6 Å². The number of methoxy groups -OCH3 is 1. The van der Waals surface area contributed by atoms with Crippen molar-refractivity contribution >= 4 is 23.5 Å². The average Bonchev–Trinajstić information content (AvgIpc) is 2.50. The number of carbonyl (C=O) groups is 2. The van der Waals surface area contributed by atoms with Gasteiger partial charge in [0.2, 0.25) is 0 Å². The number of ether oxygens (including phenoxy) is 2. The van der Waals surface area contributed by atoms with Gasteiger partial charge < -0.3 is 19.5 Å². The van der Waals surface area contributed by atoms with Gasteiger partial charge in [-0.3, -0.25) is 9.59 Å². The largest absolute Gasteiger partial charge is 0.484 e. The molecule has 0 aliphatic heterocycles. The van der Waals surface area contributed by atoms with Gasteiger partial charge in [-0.2, -0.15) is 0 Å². The van der Waals surface area contributed by atoms with E-state index >= 15 is 0 Å². The van der Waals surface area contributed by atoms with Gasteiger partial charge in [0.25, 0.3) is 5.91 Å². The van der Waals surface area contributed by atoms with Crippen LogP contribution in [0.1, 0.15) is 6.42 Å². The molecule has 1 amide bonds. The molecule has 0 unspecified atom stereocenters. The Bertz CT molecular complexity index is 463. The molecular weight excluding hydrogens is 298 g/mol.